The molecule has 0 saturated heterocycles. The Morgan fingerprint density at radius 2 is 1.83 bits per heavy atom. The Labute approximate surface area is 172 Å². The van der Waals surface area contributed by atoms with Crippen LogP contribution in [0.4, 0.5) is 5.82 Å². The number of anilines is 1. The molecule has 4 heteroatoms. The molecule has 2 N–H and O–H groups in total. The topological polar surface area (TPSA) is 62.2 Å². The van der Waals surface area contributed by atoms with E-state index in [1.165, 1.54) is 6.42 Å². The molecule has 4 bridgehead atoms. The molecule has 1 aromatic carbocycles. The standard InChI is InChI=1S/C25H30N2O2/c1-16-17(2)26-22(9-21(16)20-6-4-3-5-7-20)27-23(28)14-24-10-18-8-19(11-24)13-25(29,12-18)15-24/h3-7,9,18-19,29H,8,10-15H2,1-2H3,(H,26,27,28). The van der Waals surface area contributed by atoms with E-state index in [1.807, 2.05) is 31.2 Å². The molecule has 6 rings (SSSR count). The third-order valence-corrected chi connectivity index (χ3v) is 7.56. The van der Waals surface area contributed by atoms with Crippen LogP contribution in [0, 0.1) is 31.1 Å². The molecule has 0 aliphatic heterocycles. The number of carbonyl (C=O) groups excluding carboxylic acids is 1. The first-order valence-electron chi connectivity index (χ1n) is 10.9. The highest BCUT2D eigenvalue weighted by molar-refractivity contribution is 5.91. The maximum absolute atomic E-state index is 13.0. The second-order valence-electron chi connectivity index (χ2n) is 10.0. The van der Waals surface area contributed by atoms with Gasteiger partial charge in [0.25, 0.3) is 0 Å². The zero-order valence-electron chi connectivity index (χ0n) is 17.4. The molecule has 4 nitrogen and oxygen atoms in total. The van der Waals surface area contributed by atoms with E-state index in [0.29, 0.717) is 24.1 Å². The van der Waals surface area contributed by atoms with E-state index in [4.69, 9.17) is 0 Å². The number of aryl methyl sites for hydroxylation is 1. The molecule has 2 aromatic rings. The van der Waals surface area contributed by atoms with Gasteiger partial charge in [0.1, 0.15) is 5.82 Å². The van der Waals surface area contributed by atoms with Crippen molar-refractivity contribution in [3.63, 3.8) is 0 Å². The molecule has 0 radical (unpaired) electrons. The van der Waals surface area contributed by atoms with Crippen LogP contribution < -0.4 is 5.32 Å². The van der Waals surface area contributed by atoms with E-state index in [0.717, 1.165) is 54.5 Å². The van der Waals surface area contributed by atoms with Gasteiger partial charge in [0.05, 0.1) is 5.60 Å². The Hall–Kier alpha value is -2.20. The molecule has 2 unspecified atom stereocenters. The molecular weight excluding hydrogens is 360 g/mol. The predicted molar refractivity (Wildman–Crippen MR) is 114 cm³/mol. The van der Waals surface area contributed by atoms with Crippen molar-refractivity contribution < 1.29 is 9.90 Å². The molecule has 4 aliphatic rings. The average Bonchev–Trinajstić information content (AvgIpc) is 2.62. The Morgan fingerprint density at radius 3 is 2.48 bits per heavy atom. The fraction of sp³-hybridized carbons (Fsp3) is 0.520. The van der Waals surface area contributed by atoms with Crippen LogP contribution in [0.2, 0.25) is 0 Å². The molecule has 1 amide bonds. The zero-order chi connectivity index (χ0) is 20.2. The van der Waals surface area contributed by atoms with Crippen molar-refractivity contribution >= 4 is 11.7 Å². The van der Waals surface area contributed by atoms with Crippen molar-refractivity contribution in [1.82, 2.24) is 4.98 Å². The maximum atomic E-state index is 13.0. The minimum Gasteiger partial charge on any atom is -0.390 e. The molecule has 1 heterocycles. The molecule has 29 heavy (non-hydrogen) atoms. The highest BCUT2D eigenvalue weighted by Crippen LogP contribution is 2.62. The summed E-state index contributed by atoms with van der Waals surface area (Å²) in [6, 6.07) is 12.2. The van der Waals surface area contributed by atoms with Crippen molar-refractivity contribution in [2.24, 2.45) is 17.3 Å². The number of hydrogen-bond acceptors (Lipinski definition) is 3. The molecule has 1 aromatic heterocycles. The summed E-state index contributed by atoms with van der Waals surface area (Å²) in [5.74, 6) is 1.85. The van der Waals surface area contributed by atoms with Gasteiger partial charge in [-0.25, -0.2) is 4.98 Å². The summed E-state index contributed by atoms with van der Waals surface area (Å²) in [6.45, 7) is 4.07. The molecular formula is C25H30N2O2. The van der Waals surface area contributed by atoms with Crippen molar-refractivity contribution in [3.05, 3.63) is 47.7 Å². The third-order valence-electron chi connectivity index (χ3n) is 7.56. The number of aromatic nitrogens is 1. The Kier molecular flexibility index (Phi) is 4.32. The van der Waals surface area contributed by atoms with Gasteiger partial charge in [0, 0.05) is 12.1 Å². The lowest BCUT2D eigenvalue weighted by Crippen LogP contribution is -2.56. The van der Waals surface area contributed by atoms with Gasteiger partial charge in [-0.1, -0.05) is 30.3 Å². The van der Waals surface area contributed by atoms with Crippen LogP contribution >= 0.6 is 0 Å². The largest absolute Gasteiger partial charge is 0.390 e. The number of benzene rings is 1. The Bertz CT molecular complexity index is 939. The number of aliphatic hydroxyl groups is 1. The van der Waals surface area contributed by atoms with Gasteiger partial charge in [0.2, 0.25) is 5.91 Å². The van der Waals surface area contributed by atoms with Gasteiger partial charge in [-0.15, -0.1) is 0 Å². The van der Waals surface area contributed by atoms with E-state index < -0.39 is 5.60 Å². The first-order valence-corrected chi connectivity index (χ1v) is 10.9. The normalized spacial score (nSPS) is 32.4. The van der Waals surface area contributed by atoms with Crippen molar-refractivity contribution in [2.45, 2.75) is 64.4 Å². The smallest absolute Gasteiger partial charge is 0.226 e. The summed E-state index contributed by atoms with van der Waals surface area (Å²) in [5, 5.41) is 14.0. The molecule has 4 saturated carbocycles. The fourth-order valence-electron chi connectivity index (χ4n) is 6.85. The molecule has 152 valence electrons. The van der Waals surface area contributed by atoms with Crippen LogP contribution in [0.25, 0.3) is 11.1 Å². The summed E-state index contributed by atoms with van der Waals surface area (Å²) in [5.41, 5.74) is 3.77. The number of hydrogen-bond donors (Lipinski definition) is 2. The van der Waals surface area contributed by atoms with Crippen molar-refractivity contribution in [1.29, 1.82) is 0 Å². The minimum absolute atomic E-state index is 0.0229. The molecule has 0 spiro atoms. The van der Waals surface area contributed by atoms with Crippen LogP contribution in [-0.4, -0.2) is 21.6 Å². The molecule has 2 atom stereocenters. The third kappa shape index (κ3) is 3.48. The van der Waals surface area contributed by atoms with Gasteiger partial charge < -0.3 is 10.4 Å². The van der Waals surface area contributed by atoms with E-state index in [2.05, 4.69) is 29.4 Å². The second-order valence-corrected chi connectivity index (χ2v) is 10.0. The molecule has 4 aliphatic carbocycles. The van der Waals surface area contributed by atoms with Crippen LogP contribution in [0.5, 0.6) is 0 Å². The first kappa shape index (κ1) is 18.8. The van der Waals surface area contributed by atoms with Crippen molar-refractivity contribution in [3.8, 4) is 11.1 Å². The van der Waals surface area contributed by atoms with E-state index in [9.17, 15) is 9.90 Å². The van der Waals surface area contributed by atoms with Crippen LogP contribution in [0.15, 0.2) is 36.4 Å². The fourth-order valence-corrected chi connectivity index (χ4v) is 6.85. The first-order chi connectivity index (χ1) is 13.8. The number of amides is 1. The second kappa shape index (κ2) is 6.66. The van der Waals surface area contributed by atoms with Crippen LogP contribution in [0.3, 0.4) is 0 Å². The van der Waals surface area contributed by atoms with Crippen molar-refractivity contribution in [2.75, 3.05) is 5.32 Å². The number of carbonyl (C=O) groups is 1. The predicted octanol–water partition coefficient (Wildman–Crippen LogP) is 5.03. The Morgan fingerprint density at radius 1 is 1.14 bits per heavy atom. The summed E-state index contributed by atoms with van der Waals surface area (Å²) in [6.07, 6.45) is 6.58. The summed E-state index contributed by atoms with van der Waals surface area (Å²) < 4.78 is 0. The van der Waals surface area contributed by atoms with Gasteiger partial charge in [0.15, 0.2) is 0 Å². The lowest BCUT2D eigenvalue weighted by atomic mass is 9.47. The monoisotopic (exact) mass is 390 g/mol. The lowest BCUT2D eigenvalue weighted by Gasteiger charge is -2.60. The Balaban J connectivity index is 1.36. The summed E-state index contributed by atoms with van der Waals surface area (Å²) >= 11 is 0. The van der Waals surface area contributed by atoms with Gasteiger partial charge in [-0.2, -0.15) is 0 Å². The quantitative estimate of drug-likeness (QED) is 0.770. The average molecular weight is 391 g/mol. The molecule has 4 fully saturated rings. The SMILES string of the molecule is Cc1nc(NC(=O)CC23CC4CC(CC(O)(C4)C2)C3)cc(-c2ccccc2)c1C. The van der Waals surface area contributed by atoms with E-state index >= 15 is 0 Å². The number of nitrogens with one attached hydrogen (secondary N) is 1. The van der Waals surface area contributed by atoms with Gasteiger partial charge >= 0.3 is 0 Å². The lowest BCUT2D eigenvalue weighted by molar-refractivity contribution is -0.167. The highest BCUT2D eigenvalue weighted by atomic mass is 16.3. The van der Waals surface area contributed by atoms with Gasteiger partial charge in [-0.3, -0.25) is 4.79 Å². The maximum Gasteiger partial charge on any atom is 0.226 e. The highest BCUT2D eigenvalue weighted by Gasteiger charge is 2.57. The van der Waals surface area contributed by atoms with E-state index in [1.54, 1.807) is 0 Å². The summed E-state index contributed by atoms with van der Waals surface area (Å²) in [7, 11) is 0. The zero-order valence-corrected chi connectivity index (χ0v) is 17.4. The number of pyridine rings is 1. The number of rotatable bonds is 4. The minimum atomic E-state index is -0.524. The summed E-state index contributed by atoms with van der Waals surface area (Å²) in [4.78, 5) is 17.6. The van der Waals surface area contributed by atoms with Crippen LogP contribution in [-0.2, 0) is 4.79 Å². The van der Waals surface area contributed by atoms with Crippen LogP contribution in [0.1, 0.15) is 56.2 Å². The number of nitrogens with zero attached hydrogens (tertiary/aromatic N) is 1. The van der Waals surface area contributed by atoms with E-state index in [-0.39, 0.29) is 11.3 Å². The van der Waals surface area contributed by atoms with Gasteiger partial charge in [-0.05, 0) is 92.4 Å².